The average Bonchev–Trinajstić information content (AvgIpc) is 3.28. The van der Waals surface area contributed by atoms with Crippen molar-refractivity contribution in [3.05, 3.63) is 144 Å². The Labute approximate surface area is 388 Å². The summed E-state index contributed by atoms with van der Waals surface area (Å²) in [5, 5.41) is 4.69. The number of hydrogen-bond donors (Lipinski definition) is 2. The van der Waals surface area contributed by atoms with Gasteiger partial charge in [-0.1, -0.05) is 137 Å². The van der Waals surface area contributed by atoms with Crippen molar-refractivity contribution < 1.29 is 19.1 Å². The number of nitrogens with zero attached hydrogens (tertiary/aromatic N) is 2. The third-order valence-corrected chi connectivity index (χ3v) is 12.1. The van der Waals surface area contributed by atoms with Gasteiger partial charge in [0, 0.05) is 43.3 Å². The van der Waals surface area contributed by atoms with Gasteiger partial charge in [0.1, 0.15) is 11.2 Å². The summed E-state index contributed by atoms with van der Waals surface area (Å²) in [6.07, 6.45) is 8.35. The first-order valence-corrected chi connectivity index (χ1v) is 24.5. The smallest absolute Gasteiger partial charge is 0.410 e. The van der Waals surface area contributed by atoms with E-state index in [2.05, 4.69) is 143 Å². The first kappa shape index (κ1) is 51.5. The number of alkyl halides is 1. The molecule has 2 aliphatic heterocycles. The Balaban J connectivity index is 0.000000229. The number of rotatable bonds is 14. The fraction of sp³-hybridized carbons (Fsp3) is 0.519. The number of hydrogen-bond acceptors (Lipinski definition) is 6. The van der Waals surface area contributed by atoms with Gasteiger partial charge in [-0.2, -0.15) is 0 Å². The number of benzene rings is 4. The van der Waals surface area contributed by atoms with Crippen LogP contribution in [0, 0.1) is 11.8 Å². The molecule has 2 fully saturated rings. The number of amides is 2. The van der Waals surface area contributed by atoms with Crippen molar-refractivity contribution in [2.75, 3.05) is 51.1 Å². The molecule has 2 amide bonds. The minimum Gasteiger partial charge on any atom is -0.444 e. The van der Waals surface area contributed by atoms with Crippen molar-refractivity contribution in [1.29, 1.82) is 0 Å². The number of piperidine rings is 2. The molecule has 0 radical (unpaired) electrons. The third-order valence-electron chi connectivity index (χ3n) is 11.7. The molecule has 4 aromatic carbocycles. The number of ether oxygens (including phenoxy) is 2. The molecular weight excluding hydrogens is 849 g/mol. The zero-order chi connectivity index (χ0) is 45.5. The fourth-order valence-electron chi connectivity index (χ4n) is 8.28. The highest BCUT2D eigenvalue weighted by Gasteiger charge is 2.28. The summed E-state index contributed by atoms with van der Waals surface area (Å²) in [7, 11) is 0. The first-order valence-electron chi connectivity index (χ1n) is 23.4. The summed E-state index contributed by atoms with van der Waals surface area (Å²) in [5.41, 5.74) is 10.3. The quantitative estimate of drug-likeness (QED) is 0.0966. The van der Waals surface area contributed by atoms with Gasteiger partial charge in [-0.15, -0.1) is 0 Å². The summed E-state index contributed by atoms with van der Waals surface area (Å²) in [6.45, 7) is 17.5. The predicted octanol–water partition coefficient (Wildman–Crippen LogP) is 12.4. The second kappa shape index (κ2) is 27.2. The lowest BCUT2D eigenvalue weighted by Gasteiger charge is -2.33. The zero-order valence-corrected chi connectivity index (χ0v) is 40.7. The molecule has 9 heteroatoms. The molecule has 2 heterocycles. The van der Waals surface area contributed by atoms with E-state index in [0.29, 0.717) is 23.7 Å². The highest BCUT2D eigenvalue weighted by atomic mass is 79.9. The molecule has 344 valence electrons. The Bertz CT molecular complexity index is 1740. The number of nitrogens with one attached hydrogen (secondary N) is 1. The fourth-order valence-corrected chi connectivity index (χ4v) is 8.73. The first-order chi connectivity index (χ1) is 30.3. The van der Waals surface area contributed by atoms with Crippen LogP contribution in [0.4, 0.5) is 9.59 Å². The van der Waals surface area contributed by atoms with Crippen molar-refractivity contribution >= 4 is 28.1 Å². The monoisotopic (exact) mass is 925 g/mol. The minimum absolute atomic E-state index is 0.169. The van der Waals surface area contributed by atoms with E-state index in [1.807, 2.05) is 46.4 Å². The van der Waals surface area contributed by atoms with Crippen LogP contribution in [0.5, 0.6) is 0 Å². The van der Waals surface area contributed by atoms with Gasteiger partial charge in [0.05, 0.1) is 0 Å². The maximum absolute atomic E-state index is 12.2. The molecule has 0 aliphatic carbocycles. The van der Waals surface area contributed by atoms with E-state index < -0.39 is 11.2 Å². The Morgan fingerprint density at radius 2 is 0.905 bits per heavy atom. The van der Waals surface area contributed by atoms with Crippen LogP contribution in [0.3, 0.4) is 0 Å². The molecule has 2 aliphatic rings. The van der Waals surface area contributed by atoms with E-state index in [-0.39, 0.29) is 12.2 Å². The molecule has 2 saturated heterocycles. The standard InChI is InChI=1S/C27H38N2O2.C15H15Br.C12H24N2O2/c1-27(2,3)31-26(30)29-20-16-22(17-21-29)14-18-28-19-15-25(23-10-6-4-7-11-23)24-12-8-5-9-13-24;16-12-11-15(13-7-3-1-4-8-13)14-9-5-2-6-10-14;1-12(2,3)16-11(15)14-8-5-10(4-7-13)6-9-14/h4-13,22,25,28H,14-21H2,1-3H3;1-10,15H,11-12H2;10H,4-9,13H2,1-3H3. The summed E-state index contributed by atoms with van der Waals surface area (Å²) < 4.78 is 10.8. The van der Waals surface area contributed by atoms with Crippen molar-refractivity contribution in [2.45, 2.75) is 116 Å². The van der Waals surface area contributed by atoms with Gasteiger partial charge in [0.15, 0.2) is 0 Å². The van der Waals surface area contributed by atoms with Gasteiger partial charge in [-0.05, 0) is 147 Å². The maximum atomic E-state index is 12.2. The van der Waals surface area contributed by atoms with Crippen molar-refractivity contribution in [3.63, 3.8) is 0 Å². The van der Waals surface area contributed by atoms with Crippen molar-refractivity contribution in [1.82, 2.24) is 15.1 Å². The van der Waals surface area contributed by atoms with E-state index in [1.165, 1.54) is 28.7 Å². The molecular formula is C54H77BrN4O4. The Kier molecular flexibility index (Phi) is 22.2. The van der Waals surface area contributed by atoms with E-state index in [1.54, 1.807) is 4.90 Å². The lowest BCUT2D eigenvalue weighted by molar-refractivity contribution is 0.0171. The van der Waals surface area contributed by atoms with Crippen LogP contribution in [-0.4, -0.2) is 84.3 Å². The normalized spacial score (nSPS) is 15.0. The van der Waals surface area contributed by atoms with Gasteiger partial charge in [-0.25, -0.2) is 9.59 Å². The SMILES string of the molecule is BrCCC(c1ccccc1)c1ccccc1.CC(C)(C)OC(=O)N1CCC(CCN)CC1.CC(C)(C)OC(=O)N1CCC(CCNCCC(c2ccccc2)c2ccccc2)CC1. The zero-order valence-electron chi connectivity index (χ0n) is 39.2. The Hall–Kier alpha value is -4.18. The van der Waals surface area contributed by atoms with E-state index in [4.69, 9.17) is 15.2 Å². The molecule has 8 nitrogen and oxygen atoms in total. The Morgan fingerprint density at radius 3 is 1.22 bits per heavy atom. The summed E-state index contributed by atoms with van der Waals surface area (Å²) in [4.78, 5) is 27.6. The van der Waals surface area contributed by atoms with Crippen LogP contribution in [0.15, 0.2) is 121 Å². The van der Waals surface area contributed by atoms with Gasteiger partial charge >= 0.3 is 12.2 Å². The molecule has 6 rings (SSSR count). The number of carbonyl (C=O) groups excluding carboxylic acids is 2. The van der Waals surface area contributed by atoms with Gasteiger partial charge in [-0.3, -0.25) is 0 Å². The van der Waals surface area contributed by atoms with Crippen LogP contribution < -0.4 is 11.1 Å². The van der Waals surface area contributed by atoms with Crippen LogP contribution in [0.2, 0.25) is 0 Å². The third kappa shape index (κ3) is 19.6. The number of halogens is 1. The average molecular weight is 926 g/mol. The van der Waals surface area contributed by atoms with Gasteiger partial charge in [0.25, 0.3) is 0 Å². The summed E-state index contributed by atoms with van der Waals surface area (Å²) >= 11 is 3.54. The molecule has 0 spiro atoms. The number of nitrogens with two attached hydrogens (primary N) is 1. The molecule has 0 saturated carbocycles. The van der Waals surface area contributed by atoms with E-state index in [9.17, 15) is 9.59 Å². The lowest BCUT2D eigenvalue weighted by atomic mass is 9.88. The molecule has 0 bridgehead atoms. The van der Waals surface area contributed by atoms with E-state index in [0.717, 1.165) is 96.1 Å². The molecule has 3 N–H and O–H groups in total. The molecule has 63 heavy (non-hydrogen) atoms. The van der Waals surface area contributed by atoms with Gasteiger partial charge in [0.2, 0.25) is 0 Å². The predicted molar refractivity (Wildman–Crippen MR) is 265 cm³/mol. The molecule has 4 aromatic rings. The van der Waals surface area contributed by atoms with Crippen molar-refractivity contribution in [2.24, 2.45) is 17.6 Å². The highest BCUT2D eigenvalue weighted by Crippen LogP contribution is 2.29. The minimum atomic E-state index is -0.421. The topological polar surface area (TPSA) is 97.1 Å². The molecule has 0 unspecified atom stereocenters. The summed E-state index contributed by atoms with van der Waals surface area (Å²) in [6, 6.07) is 43.0. The molecule has 0 atom stereocenters. The van der Waals surface area contributed by atoms with Crippen LogP contribution >= 0.6 is 15.9 Å². The van der Waals surface area contributed by atoms with Crippen LogP contribution in [0.25, 0.3) is 0 Å². The number of likely N-dealkylation sites (tertiary alicyclic amines) is 2. The molecule has 0 aromatic heterocycles. The van der Waals surface area contributed by atoms with Crippen LogP contribution in [-0.2, 0) is 9.47 Å². The van der Waals surface area contributed by atoms with E-state index >= 15 is 0 Å². The Morgan fingerprint density at radius 1 is 0.571 bits per heavy atom. The lowest BCUT2D eigenvalue weighted by Crippen LogP contribution is -2.42. The van der Waals surface area contributed by atoms with Gasteiger partial charge < -0.3 is 30.3 Å². The van der Waals surface area contributed by atoms with Crippen LogP contribution in [0.1, 0.15) is 127 Å². The second-order valence-corrected chi connectivity index (χ2v) is 19.7. The largest absolute Gasteiger partial charge is 0.444 e. The highest BCUT2D eigenvalue weighted by molar-refractivity contribution is 9.09. The van der Waals surface area contributed by atoms with Crippen molar-refractivity contribution in [3.8, 4) is 0 Å². The number of carbonyl (C=O) groups is 2. The maximum Gasteiger partial charge on any atom is 0.410 e. The second-order valence-electron chi connectivity index (χ2n) is 19.0. The summed E-state index contributed by atoms with van der Waals surface area (Å²) in [5.74, 6) is 2.29.